The number of nitrogens with zero attached hydrogens (tertiary/aromatic N) is 2. The fraction of sp³-hybridized carbons (Fsp3) is 0.286. The van der Waals surface area contributed by atoms with Gasteiger partial charge in [-0.05, 0) is 31.5 Å². The molecule has 0 aliphatic carbocycles. The molecule has 1 heterocycles. The zero-order valence-corrected chi connectivity index (χ0v) is 17.9. The highest BCUT2D eigenvalue weighted by Crippen LogP contribution is 2.39. The van der Waals surface area contributed by atoms with Gasteiger partial charge in [0.1, 0.15) is 5.75 Å². The normalized spacial score (nSPS) is 17.0. The standard InChI is InChI=1S/C21H22N2O7S/c1-3-30-21(24)15-8-13-19(18-6-4-5-7-20(18)29-2)22(14-15)31(27,28)17-11-9-16(10-12-17)23(25)26/h4-12,19H,3,13-14H2,1-2H3/t19-/m1/s1. The summed E-state index contributed by atoms with van der Waals surface area (Å²) in [7, 11) is -2.60. The van der Waals surface area contributed by atoms with Crippen molar-refractivity contribution in [3.63, 3.8) is 0 Å². The molecule has 0 radical (unpaired) electrons. The molecule has 1 aliphatic heterocycles. The number of non-ortho nitro benzene ring substituents is 1. The number of hydrogen-bond acceptors (Lipinski definition) is 7. The Morgan fingerprint density at radius 2 is 1.87 bits per heavy atom. The van der Waals surface area contributed by atoms with Crippen molar-refractivity contribution in [1.82, 2.24) is 4.31 Å². The molecule has 1 atom stereocenters. The van der Waals surface area contributed by atoms with Crippen LogP contribution in [0.15, 0.2) is 65.1 Å². The van der Waals surface area contributed by atoms with Crippen molar-refractivity contribution in [1.29, 1.82) is 0 Å². The zero-order valence-electron chi connectivity index (χ0n) is 17.1. The summed E-state index contributed by atoms with van der Waals surface area (Å²) in [4.78, 5) is 22.5. The third-order valence-electron chi connectivity index (χ3n) is 4.95. The number of carbonyl (C=O) groups excluding carboxylic acids is 1. The van der Waals surface area contributed by atoms with Gasteiger partial charge < -0.3 is 9.47 Å². The molecule has 1 aliphatic rings. The topological polar surface area (TPSA) is 116 Å². The number of sulfonamides is 1. The molecule has 0 unspecified atom stereocenters. The number of benzene rings is 2. The maximum atomic E-state index is 13.5. The van der Waals surface area contributed by atoms with Gasteiger partial charge in [0, 0.05) is 29.8 Å². The van der Waals surface area contributed by atoms with E-state index in [0.29, 0.717) is 11.3 Å². The molecule has 31 heavy (non-hydrogen) atoms. The van der Waals surface area contributed by atoms with Crippen LogP contribution in [0.25, 0.3) is 0 Å². The van der Waals surface area contributed by atoms with Crippen LogP contribution in [0.5, 0.6) is 5.75 Å². The monoisotopic (exact) mass is 446 g/mol. The lowest BCUT2D eigenvalue weighted by atomic mass is 9.97. The fourth-order valence-corrected chi connectivity index (χ4v) is 5.03. The number of esters is 1. The molecule has 0 N–H and O–H groups in total. The number of rotatable bonds is 7. The van der Waals surface area contributed by atoms with Gasteiger partial charge in [0.25, 0.3) is 5.69 Å². The number of methoxy groups -OCH3 is 1. The minimum atomic E-state index is -4.10. The molecule has 0 aromatic heterocycles. The molecular formula is C21H22N2O7S. The van der Waals surface area contributed by atoms with Crippen LogP contribution in [0, 0.1) is 10.1 Å². The highest BCUT2D eigenvalue weighted by Gasteiger charge is 2.38. The van der Waals surface area contributed by atoms with Crippen molar-refractivity contribution >= 4 is 21.7 Å². The van der Waals surface area contributed by atoms with Crippen molar-refractivity contribution in [2.75, 3.05) is 20.3 Å². The third kappa shape index (κ3) is 4.59. The molecule has 0 bridgehead atoms. The van der Waals surface area contributed by atoms with Gasteiger partial charge in [0.05, 0.1) is 29.6 Å². The quantitative estimate of drug-likeness (QED) is 0.364. The van der Waals surface area contributed by atoms with E-state index in [-0.39, 0.29) is 35.7 Å². The summed E-state index contributed by atoms with van der Waals surface area (Å²) < 4.78 is 38.7. The molecule has 0 spiro atoms. The first-order chi connectivity index (χ1) is 14.8. The van der Waals surface area contributed by atoms with E-state index in [1.165, 1.54) is 23.5 Å². The maximum absolute atomic E-state index is 13.5. The van der Waals surface area contributed by atoms with E-state index in [2.05, 4.69) is 0 Å². The zero-order chi connectivity index (χ0) is 22.6. The first-order valence-electron chi connectivity index (χ1n) is 9.55. The molecule has 0 saturated heterocycles. The second-order valence-corrected chi connectivity index (χ2v) is 8.64. The highest BCUT2D eigenvalue weighted by atomic mass is 32.2. The lowest BCUT2D eigenvalue weighted by Crippen LogP contribution is -2.40. The van der Waals surface area contributed by atoms with Crippen molar-refractivity contribution in [3.05, 3.63) is 75.9 Å². The van der Waals surface area contributed by atoms with E-state index < -0.39 is 27.0 Å². The van der Waals surface area contributed by atoms with E-state index in [1.807, 2.05) is 0 Å². The average molecular weight is 446 g/mol. The predicted octanol–water partition coefficient (Wildman–Crippen LogP) is 3.23. The summed E-state index contributed by atoms with van der Waals surface area (Å²) in [5, 5.41) is 10.9. The Kier molecular flexibility index (Phi) is 6.71. The highest BCUT2D eigenvalue weighted by molar-refractivity contribution is 7.89. The van der Waals surface area contributed by atoms with Crippen molar-refractivity contribution in [3.8, 4) is 5.75 Å². The summed E-state index contributed by atoms with van der Waals surface area (Å²) in [6.45, 7) is 1.65. The Morgan fingerprint density at radius 1 is 1.19 bits per heavy atom. The first-order valence-corrected chi connectivity index (χ1v) is 11.0. The predicted molar refractivity (Wildman–Crippen MR) is 112 cm³/mol. The van der Waals surface area contributed by atoms with Crippen molar-refractivity contribution in [2.24, 2.45) is 0 Å². The van der Waals surface area contributed by atoms with Gasteiger partial charge in [0.15, 0.2) is 0 Å². The maximum Gasteiger partial charge on any atom is 0.335 e. The number of para-hydroxylation sites is 1. The number of nitro groups is 1. The van der Waals surface area contributed by atoms with Gasteiger partial charge >= 0.3 is 5.97 Å². The largest absolute Gasteiger partial charge is 0.496 e. The molecule has 0 fully saturated rings. The lowest BCUT2D eigenvalue weighted by molar-refractivity contribution is -0.384. The van der Waals surface area contributed by atoms with Crippen LogP contribution in [-0.2, 0) is 19.6 Å². The van der Waals surface area contributed by atoms with Crippen LogP contribution in [-0.4, -0.2) is 43.9 Å². The summed E-state index contributed by atoms with van der Waals surface area (Å²) in [6, 6.07) is 11.1. The minimum Gasteiger partial charge on any atom is -0.496 e. The molecule has 9 nitrogen and oxygen atoms in total. The lowest BCUT2D eigenvalue weighted by Gasteiger charge is -2.34. The molecule has 10 heteroatoms. The van der Waals surface area contributed by atoms with Crippen molar-refractivity contribution < 1.29 is 27.6 Å². The van der Waals surface area contributed by atoms with Crippen LogP contribution in [0.3, 0.4) is 0 Å². The Hall–Kier alpha value is -3.24. The second kappa shape index (κ2) is 9.27. The van der Waals surface area contributed by atoms with Crippen LogP contribution >= 0.6 is 0 Å². The molecule has 2 aromatic carbocycles. The van der Waals surface area contributed by atoms with Gasteiger partial charge in [-0.1, -0.05) is 24.3 Å². The third-order valence-corrected chi connectivity index (χ3v) is 6.82. The SMILES string of the molecule is CCOC(=O)C1=CC[C@H](c2ccccc2OC)N(S(=O)(=O)c2ccc([N+](=O)[O-])cc2)C1. The number of hydrogen-bond donors (Lipinski definition) is 0. The summed E-state index contributed by atoms with van der Waals surface area (Å²) in [6.07, 6.45) is 1.91. The van der Waals surface area contributed by atoms with Gasteiger partial charge in [-0.3, -0.25) is 10.1 Å². The molecule has 164 valence electrons. The van der Waals surface area contributed by atoms with E-state index >= 15 is 0 Å². The van der Waals surface area contributed by atoms with Crippen LogP contribution in [0.4, 0.5) is 5.69 Å². The second-order valence-electron chi connectivity index (χ2n) is 6.74. The first kappa shape index (κ1) is 22.4. The van der Waals surface area contributed by atoms with Gasteiger partial charge in [0.2, 0.25) is 10.0 Å². The van der Waals surface area contributed by atoms with Crippen LogP contribution in [0.2, 0.25) is 0 Å². The Bertz CT molecular complexity index is 1110. The van der Waals surface area contributed by atoms with E-state index in [0.717, 1.165) is 12.1 Å². The number of carbonyl (C=O) groups is 1. The number of ether oxygens (including phenoxy) is 2. The van der Waals surface area contributed by atoms with Crippen LogP contribution < -0.4 is 4.74 Å². The average Bonchev–Trinajstić information content (AvgIpc) is 2.78. The van der Waals surface area contributed by atoms with Crippen LogP contribution in [0.1, 0.15) is 24.9 Å². The molecule has 3 rings (SSSR count). The van der Waals surface area contributed by atoms with E-state index in [9.17, 15) is 23.3 Å². The van der Waals surface area contributed by atoms with E-state index in [4.69, 9.17) is 9.47 Å². The Morgan fingerprint density at radius 3 is 2.48 bits per heavy atom. The Balaban J connectivity index is 2.07. The summed E-state index contributed by atoms with van der Waals surface area (Å²) >= 11 is 0. The van der Waals surface area contributed by atoms with Gasteiger partial charge in [-0.2, -0.15) is 4.31 Å². The molecular weight excluding hydrogens is 424 g/mol. The van der Waals surface area contributed by atoms with Gasteiger partial charge in [-0.15, -0.1) is 0 Å². The van der Waals surface area contributed by atoms with Gasteiger partial charge in [-0.25, -0.2) is 13.2 Å². The van der Waals surface area contributed by atoms with E-state index in [1.54, 1.807) is 37.3 Å². The smallest absolute Gasteiger partial charge is 0.335 e. The molecule has 0 saturated carbocycles. The summed E-state index contributed by atoms with van der Waals surface area (Å²) in [5.74, 6) is -0.0609. The molecule has 2 aromatic rings. The summed E-state index contributed by atoms with van der Waals surface area (Å²) in [5.41, 5.74) is 0.666. The minimum absolute atomic E-state index is 0.108. The Labute approximate surface area is 180 Å². The number of nitro benzene ring substituents is 1. The fourth-order valence-electron chi connectivity index (χ4n) is 3.44. The van der Waals surface area contributed by atoms with Crippen molar-refractivity contribution in [2.45, 2.75) is 24.3 Å². The molecule has 0 amide bonds.